The third-order valence-electron chi connectivity index (χ3n) is 3.36. The fourth-order valence-corrected chi connectivity index (χ4v) is 2.14. The SMILES string of the molecule is COc1ccc(OC)c(C=C(C(=O)O)c2ccc([N+](=O)[O-])cc2)c1. The second-order valence-electron chi connectivity index (χ2n) is 4.78. The summed E-state index contributed by atoms with van der Waals surface area (Å²) >= 11 is 0. The van der Waals surface area contributed by atoms with Gasteiger partial charge < -0.3 is 14.6 Å². The van der Waals surface area contributed by atoms with Crippen LogP contribution in [0.15, 0.2) is 42.5 Å². The van der Waals surface area contributed by atoms with Crippen molar-refractivity contribution in [1.29, 1.82) is 0 Å². The first kappa shape index (κ1) is 17.0. The van der Waals surface area contributed by atoms with E-state index < -0.39 is 10.9 Å². The van der Waals surface area contributed by atoms with E-state index in [4.69, 9.17) is 9.47 Å². The molecule has 0 amide bonds. The smallest absolute Gasteiger partial charge is 0.336 e. The van der Waals surface area contributed by atoms with Crippen molar-refractivity contribution in [2.45, 2.75) is 0 Å². The average molecular weight is 329 g/mol. The molecular formula is C17H15NO6. The number of nitro groups is 1. The molecule has 0 aliphatic carbocycles. The molecule has 2 aromatic rings. The predicted molar refractivity (Wildman–Crippen MR) is 88.1 cm³/mol. The summed E-state index contributed by atoms with van der Waals surface area (Å²) in [5.74, 6) is -0.124. The van der Waals surface area contributed by atoms with Crippen molar-refractivity contribution < 1.29 is 24.3 Å². The normalized spacial score (nSPS) is 11.0. The largest absolute Gasteiger partial charge is 0.497 e. The van der Waals surface area contributed by atoms with E-state index in [-0.39, 0.29) is 11.3 Å². The van der Waals surface area contributed by atoms with Gasteiger partial charge in [-0.3, -0.25) is 10.1 Å². The Morgan fingerprint density at radius 1 is 1.12 bits per heavy atom. The summed E-state index contributed by atoms with van der Waals surface area (Å²) in [5, 5.41) is 20.2. The lowest BCUT2D eigenvalue weighted by Crippen LogP contribution is -2.00. The van der Waals surface area contributed by atoms with Gasteiger partial charge in [-0.2, -0.15) is 0 Å². The maximum atomic E-state index is 11.6. The van der Waals surface area contributed by atoms with Crippen molar-refractivity contribution in [1.82, 2.24) is 0 Å². The Morgan fingerprint density at radius 3 is 2.29 bits per heavy atom. The van der Waals surface area contributed by atoms with Crippen molar-refractivity contribution in [3.63, 3.8) is 0 Å². The minimum Gasteiger partial charge on any atom is -0.497 e. The number of benzene rings is 2. The number of hydrogen-bond donors (Lipinski definition) is 1. The zero-order valence-corrected chi connectivity index (χ0v) is 13.1. The first-order valence-corrected chi connectivity index (χ1v) is 6.88. The molecule has 0 aliphatic rings. The van der Waals surface area contributed by atoms with Gasteiger partial charge in [0.2, 0.25) is 0 Å². The highest BCUT2D eigenvalue weighted by molar-refractivity contribution is 6.20. The van der Waals surface area contributed by atoms with Gasteiger partial charge in [0.05, 0.1) is 24.7 Å². The lowest BCUT2D eigenvalue weighted by atomic mass is 10.0. The number of aliphatic carboxylic acids is 1. The molecule has 7 heteroatoms. The van der Waals surface area contributed by atoms with Crippen molar-refractivity contribution in [3.8, 4) is 11.5 Å². The van der Waals surface area contributed by atoms with Crippen molar-refractivity contribution >= 4 is 23.3 Å². The maximum absolute atomic E-state index is 11.6. The van der Waals surface area contributed by atoms with Crippen molar-refractivity contribution in [3.05, 3.63) is 63.7 Å². The fourth-order valence-electron chi connectivity index (χ4n) is 2.14. The maximum Gasteiger partial charge on any atom is 0.336 e. The van der Waals surface area contributed by atoms with Crippen LogP contribution in [0.25, 0.3) is 11.6 Å². The molecule has 7 nitrogen and oxygen atoms in total. The number of carboxylic acids is 1. The molecule has 0 radical (unpaired) electrons. The van der Waals surface area contributed by atoms with Gasteiger partial charge in [-0.1, -0.05) is 0 Å². The van der Waals surface area contributed by atoms with E-state index in [0.717, 1.165) is 0 Å². The van der Waals surface area contributed by atoms with Gasteiger partial charge in [0, 0.05) is 17.7 Å². The molecule has 2 aromatic carbocycles. The number of carbonyl (C=O) groups is 1. The highest BCUT2D eigenvalue weighted by atomic mass is 16.6. The Hall–Kier alpha value is -3.35. The Morgan fingerprint density at radius 2 is 1.79 bits per heavy atom. The number of nitrogens with zero attached hydrogens (tertiary/aromatic N) is 1. The third-order valence-corrected chi connectivity index (χ3v) is 3.36. The van der Waals surface area contributed by atoms with Crippen LogP contribution in [0.5, 0.6) is 11.5 Å². The molecule has 0 spiro atoms. The van der Waals surface area contributed by atoms with E-state index in [0.29, 0.717) is 22.6 Å². The van der Waals surface area contributed by atoms with Gasteiger partial charge in [0.1, 0.15) is 11.5 Å². The fraction of sp³-hybridized carbons (Fsp3) is 0.118. The number of ether oxygens (including phenoxy) is 2. The molecule has 0 saturated heterocycles. The molecule has 0 fully saturated rings. The molecule has 0 unspecified atom stereocenters. The Kier molecular flexibility index (Phi) is 5.16. The van der Waals surface area contributed by atoms with E-state index in [1.165, 1.54) is 44.6 Å². The molecule has 0 aromatic heterocycles. The second-order valence-corrected chi connectivity index (χ2v) is 4.78. The van der Waals surface area contributed by atoms with Gasteiger partial charge >= 0.3 is 5.97 Å². The van der Waals surface area contributed by atoms with Gasteiger partial charge in [0.15, 0.2) is 0 Å². The van der Waals surface area contributed by atoms with Crippen molar-refractivity contribution in [2.75, 3.05) is 14.2 Å². The molecule has 0 saturated carbocycles. The van der Waals surface area contributed by atoms with Gasteiger partial charge in [-0.15, -0.1) is 0 Å². The number of rotatable bonds is 6. The topological polar surface area (TPSA) is 98.9 Å². The molecule has 24 heavy (non-hydrogen) atoms. The van der Waals surface area contributed by atoms with E-state index in [9.17, 15) is 20.0 Å². The van der Waals surface area contributed by atoms with Crippen LogP contribution in [0.3, 0.4) is 0 Å². The summed E-state index contributed by atoms with van der Waals surface area (Å²) in [6.45, 7) is 0. The highest BCUT2D eigenvalue weighted by Crippen LogP contribution is 2.29. The number of carboxylic acid groups (broad SMARTS) is 1. The molecule has 124 valence electrons. The molecule has 0 atom stereocenters. The zero-order chi connectivity index (χ0) is 17.7. The minimum atomic E-state index is -1.16. The lowest BCUT2D eigenvalue weighted by Gasteiger charge is -2.09. The summed E-state index contributed by atoms with van der Waals surface area (Å²) < 4.78 is 10.4. The molecule has 0 aliphatic heterocycles. The average Bonchev–Trinajstić information content (AvgIpc) is 2.59. The Bertz CT molecular complexity index is 795. The summed E-state index contributed by atoms with van der Waals surface area (Å²) in [7, 11) is 2.98. The van der Waals surface area contributed by atoms with Crippen LogP contribution in [0, 0.1) is 10.1 Å². The third kappa shape index (κ3) is 3.70. The van der Waals surface area contributed by atoms with Gasteiger partial charge in [-0.25, -0.2) is 4.79 Å². The van der Waals surface area contributed by atoms with Crippen LogP contribution >= 0.6 is 0 Å². The van der Waals surface area contributed by atoms with E-state index in [1.54, 1.807) is 18.2 Å². The van der Waals surface area contributed by atoms with Gasteiger partial charge in [0.25, 0.3) is 5.69 Å². The Labute approximate surface area is 137 Å². The second kappa shape index (κ2) is 7.28. The van der Waals surface area contributed by atoms with Crippen LogP contribution in [-0.4, -0.2) is 30.2 Å². The van der Waals surface area contributed by atoms with Crippen LogP contribution < -0.4 is 9.47 Å². The monoisotopic (exact) mass is 329 g/mol. The molecule has 1 N–H and O–H groups in total. The van der Waals surface area contributed by atoms with E-state index in [2.05, 4.69) is 0 Å². The summed E-state index contributed by atoms with van der Waals surface area (Å²) in [6, 6.07) is 10.3. The van der Waals surface area contributed by atoms with Crippen molar-refractivity contribution in [2.24, 2.45) is 0 Å². The van der Waals surface area contributed by atoms with E-state index in [1.807, 2.05) is 0 Å². The first-order valence-electron chi connectivity index (χ1n) is 6.88. The van der Waals surface area contributed by atoms with Crippen LogP contribution in [0.1, 0.15) is 11.1 Å². The van der Waals surface area contributed by atoms with E-state index >= 15 is 0 Å². The number of hydrogen-bond acceptors (Lipinski definition) is 5. The number of methoxy groups -OCH3 is 2. The predicted octanol–water partition coefficient (Wildman–Crippen LogP) is 3.24. The lowest BCUT2D eigenvalue weighted by molar-refractivity contribution is -0.384. The number of non-ortho nitro benzene ring substituents is 1. The van der Waals surface area contributed by atoms with Crippen LogP contribution in [0.2, 0.25) is 0 Å². The summed E-state index contributed by atoms with van der Waals surface area (Å²) in [5.41, 5.74) is 0.740. The quantitative estimate of drug-likeness (QED) is 0.378. The molecule has 2 rings (SSSR count). The zero-order valence-electron chi connectivity index (χ0n) is 13.1. The van der Waals surface area contributed by atoms with Crippen LogP contribution in [0.4, 0.5) is 5.69 Å². The molecular weight excluding hydrogens is 314 g/mol. The molecule has 0 bridgehead atoms. The summed E-state index contributed by atoms with van der Waals surface area (Å²) in [4.78, 5) is 21.8. The number of nitro benzene ring substituents is 1. The minimum absolute atomic E-state index is 0.0172. The van der Waals surface area contributed by atoms with Crippen LogP contribution in [-0.2, 0) is 4.79 Å². The van der Waals surface area contributed by atoms with Gasteiger partial charge in [-0.05, 0) is 42.0 Å². The summed E-state index contributed by atoms with van der Waals surface area (Å²) in [6.07, 6.45) is 1.44. The Balaban J connectivity index is 2.53. The standard InChI is InChI=1S/C17H15NO6/c1-23-14-7-8-16(24-2)12(9-14)10-15(17(19)20)11-3-5-13(6-4-11)18(21)22/h3-10H,1-2H3,(H,19,20). The highest BCUT2D eigenvalue weighted by Gasteiger charge is 2.14. The molecule has 0 heterocycles. The first-order chi connectivity index (χ1) is 11.5.